The fraction of sp³-hybridized carbons (Fsp3) is 0.600. The van der Waals surface area contributed by atoms with Crippen molar-refractivity contribution in [1.29, 1.82) is 0 Å². The normalized spacial score (nSPS) is 14.9. The van der Waals surface area contributed by atoms with Crippen LogP contribution >= 0.6 is 0 Å². The van der Waals surface area contributed by atoms with Crippen LogP contribution in [0.3, 0.4) is 0 Å². The fourth-order valence-corrected chi connectivity index (χ4v) is 3.74. The quantitative estimate of drug-likeness (QED) is 0.103. The van der Waals surface area contributed by atoms with E-state index in [0.717, 1.165) is 38.5 Å². The predicted molar refractivity (Wildman–Crippen MR) is 171 cm³/mol. The SMILES string of the molecule is CC/C=C\C/C=C\C/C=C\C/C=C\C/C=C\C/C=C\CC(O)OCC(C)(C)[C@@H](OC)C(=O)NCCC(=O)C(C)(C)C. The Labute approximate surface area is 250 Å². The van der Waals surface area contributed by atoms with Crippen LogP contribution in [0.15, 0.2) is 72.9 Å². The molecular weight excluding hydrogens is 514 g/mol. The van der Waals surface area contributed by atoms with Crippen molar-refractivity contribution in [2.24, 2.45) is 10.8 Å². The summed E-state index contributed by atoms with van der Waals surface area (Å²) in [5, 5.41) is 13.0. The molecule has 0 radical (unpaired) electrons. The molecule has 0 aliphatic rings. The van der Waals surface area contributed by atoms with Gasteiger partial charge in [-0.3, -0.25) is 9.59 Å². The number of allylic oxidation sites excluding steroid dienone is 11. The first-order valence-electron chi connectivity index (χ1n) is 15.0. The Hall–Kier alpha value is -2.54. The third kappa shape index (κ3) is 20.9. The molecule has 0 aromatic rings. The molecule has 1 amide bonds. The first-order chi connectivity index (χ1) is 19.5. The average molecular weight is 572 g/mol. The van der Waals surface area contributed by atoms with Crippen LogP contribution in [-0.4, -0.2) is 49.5 Å². The Kier molecular flexibility index (Phi) is 21.6. The molecular formula is C35H57NO5. The molecule has 6 nitrogen and oxygen atoms in total. The molecule has 0 aromatic heterocycles. The van der Waals surface area contributed by atoms with Crippen molar-refractivity contribution in [3.63, 3.8) is 0 Å². The van der Waals surface area contributed by atoms with Crippen molar-refractivity contribution in [2.75, 3.05) is 20.3 Å². The smallest absolute Gasteiger partial charge is 0.249 e. The van der Waals surface area contributed by atoms with Gasteiger partial charge in [-0.15, -0.1) is 0 Å². The highest BCUT2D eigenvalue weighted by atomic mass is 16.6. The molecule has 6 heteroatoms. The van der Waals surface area contributed by atoms with E-state index < -0.39 is 23.2 Å². The van der Waals surface area contributed by atoms with Gasteiger partial charge in [0, 0.05) is 37.3 Å². The number of aliphatic hydroxyl groups is 1. The van der Waals surface area contributed by atoms with Gasteiger partial charge in [-0.05, 0) is 38.5 Å². The summed E-state index contributed by atoms with van der Waals surface area (Å²) in [4.78, 5) is 24.7. The topological polar surface area (TPSA) is 84.9 Å². The number of carbonyl (C=O) groups is 2. The minimum Gasteiger partial charge on any atom is -0.371 e. The number of aliphatic hydroxyl groups excluding tert-OH is 1. The number of rotatable bonds is 22. The molecule has 0 aromatic carbocycles. The van der Waals surface area contributed by atoms with Crippen molar-refractivity contribution in [3.8, 4) is 0 Å². The molecule has 0 aliphatic carbocycles. The summed E-state index contributed by atoms with van der Waals surface area (Å²) in [6.07, 6.45) is 30.2. The number of nitrogens with one attached hydrogen (secondary N) is 1. The van der Waals surface area contributed by atoms with E-state index in [-0.39, 0.29) is 31.3 Å². The lowest BCUT2D eigenvalue weighted by Crippen LogP contribution is -2.48. The maximum Gasteiger partial charge on any atom is 0.249 e. The molecule has 2 atom stereocenters. The summed E-state index contributed by atoms with van der Waals surface area (Å²) in [5.74, 6) is -0.207. The van der Waals surface area contributed by atoms with Gasteiger partial charge in [0.05, 0.1) is 6.61 Å². The van der Waals surface area contributed by atoms with E-state index in [0.29, 0.717) is 6.42 Å². The molecule has 0 spiro atoms. The number of carbonyl (C=O) groups excluding carboxylic acids is 2. The molecule has 232 valence electrons. The summed E-state index contributed by atoms with van der Waals surface area (Å²) >= 11 is 0. The maximum atomic E-state index is 12.7. The van der Waals surface area contributed by atoms with Gasteiger partial charge in [0.1, 0.15) is 11.9 Å². The van der Waals surface area contributed by atoms with Crippen molar-refractivity contribution >= 4 is 11.7 Å². The van der Waals surface area contributed by atoms with E-state index in [1.807, 2.05) is 46.8 Å². The lowest BCUT2D eigenvalue weighted by atomic mass is 9.86. The number of amides is 1. The Morgan fingerprint density at radius 1 is 0.756 bits per heavy atom. The number of ketones is 1. The van der Waals surface area contributed by atoms with Crippen LogP contribution in [0.2, 0.25) is 0 Å². The van der Waals surface area contributed by atoms with Gasteiger partial charge in [0.2, 0.25) is 5.91 Å². The Bertz CT molecular complexity index is 887. The Morgan fingerprint density at radius 3 is 1.61 bits per heavy atom. The van der Waals surface area contributed by atoms with E-state index in [9.17, 15) is 14.7 Å². The third-order valence-corrected chi connectivity index (χ3v) is 6.25. The minimum absolute atomic E-state index is 0.0897. The van der Waals surface area contributed by atoms with Gasteiger partial charge in [0.15, 0.2) is 6.29 Å². The zero-order chi connectivity index (χ0) is 31.0. The third-order valence-electron chi connectivity index (χ3n) is 6.25. The molecule has 0 saturated carbocycles. The molecule has 0 bridgehead atoms. The Balaban J connectivity index is 4.18. The highest BCUT2D eigenvalue weighted by Crippen LogP contribution is 2.25. The van der Waals surface area contributed by atoms with Crippen LogP contribution in [0.25, 0.3) is 0 Å². The van der Waals surface area contributed by atoms with Gasteiger partial charge < -0.3 is 19.9 Å². The molecule has 0 rings (SSSR count). The summed E-state index contributed by atoms with van der Waals surface area (Å²) in [6.45, 7) is 11.8. The zero-order valence-electron chi connectivity index (χ0n) is 26.7. The lowest BCUT2D eigenvalue weighted by molar-refractivity contribution is -0.156. The van der Waals surface area contributed by atoms with Crippen LogP contribution in [0.1, 0.15) is 92.9 Å². The summed E-state index contributed by atoms with van der Waals surface area (Å²) in [5.41, 5.74) is -1.11. The van der Waals surface area contributed by atoms with E-state index in [1.54, 1.807) is 0 Å². The zero-order valence-corrected chi connectivity index (χ0v) is 26.7. The molecule has 1 unspecified atom stereocenters. The highest BCUT2D eigenvalue weighted by Gasteiger charge is 2.36. The molecule has 0 saturated heterocycles. The second-order valence-electron chi connectivity index (χ2n) is 11.7. The van der Waals surface area contributed by atoms with E-state index in [4.69, 9.17) is 9.47 Å². The monoisotopic (exact) mass is 571 g/mol. The van der Waals surface area contributed by atoms with Crippen molar-refractivity contribution in [2.45, 2.75) is 105 Å². The van der Waals surface area contributed by atoms with E-state index in [2.05, 4.69) is 73.0 Å². The second-order valence-corrected chi connectivity index (χ2v) is 11.7. The number of ether oxygens (including phenoxy) is 2. The van der Waals surface area contributed by atoms with Crippen LogP contribution in [0, 0.1) is 10.8 Å². The second kappa shape index (κ2) is 23.1. The van der Waals surface area contributed by atoms with Crippen LogP contribution in [-0.2, 0) is 19.1 Å². The van der Waals surface area contributed by atoms with Gasteiger partial charge in [-0.1, -0.05) is 114 Å². The van der Waals surface area contributed by atoms with Crippen molar-refractivity contribution < 1.29 is 24.2 Å². The van der Waals surface area contributed by atoms with Gasteiger partial charge in [-0.25, -0.2) is 0 Å². The predicted octanol–water partition coefficient (Wildman–Crippen LogP) is 7.57. The first kappa shape index (κ1) is 38.5. The van der Waals surface area contributed by atoms with E-state index in [1.165, 1.54) is 7.11 Å². The molecule has 0 heterocycles. The molecule has 41 heavy (non-hydrogen) atoms. The van der Waals surface area contributed by atoms with Gasteiger partial charge in [0.25, 0.3) is 0 Å². The van der Waals surface area contributed by atoms with Crippen molar-refractivity contribution in [3.05, 3.63) is 72.9 Å². The Morgan fingerprint density at radius 2 is 1.20 bits per heavy atom. The maximum absolute atomic E-state index is 12.7. The summed E-state index contributed by atoms with van der Waals surface area (Å²) in [6, 6.07) is 0. The minimum atomic E-state index is -0.969. The standard InChI is InChI=1S/C35H57NO5/c1-8-9-10-11-12-13-14-15-16-17-18-19-20-21-22-23-24-25-26-31(38)41-29-35(5,6)32(40-7)33(39)36-28-27-30(37)34(2,3)4/h9-10,12-13,15-16,18-19,21-22,24-25,31-32,38H,8,11,14,17,20,23,26-29H2,1-7H3,(H,36,39)/b10-9-,13-12-,16-15-,19-18-,22-21-,25-24-/t31?,32-/m0/s1. The molecule has 2 N–H and O–H groups in total. The number of Topliss-reactive ketones (excluding diaryl/α,β-unsaturated/α-hetero) is 1. The highest BCUT2D eigenvalue weighted by molar-refractivity contribution is 5.85. The van der Waals surface area contributed by atoms with Crippen LogP contribution in [0.5, 0.6) is 0 Å². The lowest BCUT2D eigenvalue weighted by Gasteiger charge is -2.32. The summed E-state index contributed by atoms with van der Waals surface area (Å²) in [7, 11) is 1.47. The number of methoxy groups -OCH3 is 1. The molecule has 0 aliphatic heterocycles. The number of hydrogen-bond acceptors (Lipinski definition) is 5. The summed E-state index contributed by atoms with van der Waals surface area (Å²) < 4.78 is 11.1. The van der Waals surface area contributed by atoms with E-state index >= 15 is 0 Å². The van der Waals surface area contributed by atoms with Gasteiger partial charge in [-0.2, -0.15) is 0 Å². The van der Waals surface area contributed by atoms with Crippen LogP contribution < -0.4 is 5.32 Å². The number of hydrogen-bond donors (Lipinski definition) is 2. The fourth-order valence-electron chi connectivity index (χ4n) is 3.74. The van der Waals surface area contributed by atoms with Crippen molar-refractivity contribution in [1.82, 2.24) is 5.32 Å². The first-order valence-corrected chi connectivity index (χ1v) is 15.0. The largest absolute Gasteiger partial charge is 0.371 e. The molecule has 0 fully saturated rings. The van der Waals surface area contributed by atoms with Gasteiger partial charge >= 0.3 is 0 Å². The average Bonchev–Trinajstić information content (AvgIpc) is 2.91. The van der Waals surface area contributed by atoms with Crippen LogP contribution in [0.4, 0.5) is 0 Å².